The van der Waals surface area contributed by atoms with Gasteiger partial charge >= 0.3 is 0 Å². The van der Waals surface area contributed by atoms with Gasteiger partial charge < -0.3 is 9.84 Å². The Balaban J connectivity index is 3.13. The van der Waals surface area contributed by atoms with Crippen LogP contribution in [0, 0.1) is 0 Å². The lowest BCUT2D eigenvalue weighted by atomic mass is 10.1. The van der Waals surface area contributed by atoms with Gasteiger partial charge in [0.25, 0.3) is 0 Å². The SMILES string of the molecule is CCc1ccc(S(=O)(=O)N(CC)CCOC)cc1CO. The van der Waals surface area contributed by atoms with E-state index in [1.165, 1.54) is 4.31 Å². The molecular formula is C14H23NO4S. The minimum atomic E-state index is -3.54. The first-order valence-corrected chi connectivity index (χ1v) is 8.17. The van der Waals surface area contributed by atoms with E-state index >= 15 is 0 Å². The van der Waals surface area contributed by atoms with Crippen LogP contribution in [-0.4, -0.2) is 44.6 Å². The molecule has 0 aliphatic rings. The molecule has 5 nitrogen and oxygen atoms in total. The van der Waals surface area contributed by atoms with E-state index < -0.39 is 10.0 Å². The third-order valence-electron chi connectivity index (χ3n) is 3.26. The van der Waals surface area contributed by atoms with Gasteiger partial charge in [-0.2, -0.15) is 4.31 Å². The fourth-order valence-corrected chi connectivity index (χ4v) is 3.53. The standard InChI is InChI=1S/C14H23NO4S/c1-4-12-6-7-14(10-13(12)11-16)20(17,18)15(5-2)8-9-19-3/h6-7,10,16H,4-5,8-9,11H2,1-3H3. The average molecular weight is 301 g/mol. The van der Waals surface area contributed by atoms with Gasteiger partial charge in [-0.25, -0.2) is 8.42 Å². The van der Waals surface area contributed by atoms with Crippen LogP contribution in [-0.2, 0) is 27.8 Å². The van der Waals surface area contributed by atoms with E-state index in [-0.39, 0.29) is 11.5 Å². The van der Waals surface area contributed by atoms with Crippen molar-refractivity contribution >= 4 is 10.0 Å². The minimum absolute atomic E-state index is 0.156. The van der Waals surface area contributed by atoms with Crippen LogP contribution in [0.15, 0.2) is 23.1 Å². The first kappa shape index (κ1) is 17.1. The Morgan fingerprint density at radius 1 is 1.25 bits per heavy atom. The summed E-state index contributed by atoms with van der Waals surface area (Å²) in [5.74, 6) is 0. The second-order valence-corrected chi connectivity index (χ2v) is 6.37. The molecule has 0 saturated heterocycles. The fraction of sp³-hybridized carbons (Fsp3) is 0.571. The van der Waals surface area contributed by atoms with Gasteiger partial charge in [-0.1, -0.05) is 19.9 Å². The van der Waals surface area contributed by atoms with Crippen LogP contribution in [0.1, 0.15) is 25.0 Å². The summed E-state index contributed by atoms with van der Waals surface area (Å²) in [6, 6.07) is 4.93. The summed E-state index contributed by atoms with van der Waals surface area (Å²) in [5, 5.41) is 9.35. The van der Waals surface area contributed by atoms with Gasteiger partial charge in [0, 0.05) is 20.2 Å². The predicted octanol–water partition coefficient (Wildman–Crippen LogP) is 1.40. The monoisotopic (exact) mass is 301 g/mol. The maximum absolute atomic E-state index is 12.5. The van der Waals surface area contributed by atoms with Crippen LogP contribution in [0.5, 0.6) is 0 Å². The number of hydrogen-bond acceptors (Lipinski definition) is 4. The molecule has 0 amide bonds. The highest BCUT2D eigenvalue weighted by Crippen LogP contribution is 2.20. The van der Waals surface area contributed by atoms with Gasteiger partial charge in [0.15, 0.2) is 0 Å². The molecule has 114 valence electrons. The van der Waals surface area contributed by atoms with Crippen LogP contribution in [0.4, 0.5) is 0 Å². The molecule has 0 aliphatic carbocycles. The molecule has 0 heterocycles. The third-order valence-corrected chi connectivity index (χ3v) is 5.23. The van der Waals surface area contributed by atoms with Crippen LogP contribution in [0.25, 0.3) is 0 Å². The molecule has 0 unspecified atom stereocenters. The molecule has 0 saturated carbocycles. The number of methoxy groups -OCH3 is 1. The Morgan fingerprint density at radius 3 is 2.45 bits per heavy atom. The van der Waals surface area contributed by atoms with Crippen LogP contribution in [0.3, 0.4) is 0 Å². The lowest BCUT2D eigenvalue weighted by Gasteiger charge is -2.20. The zero-order valence-electron chi connectivity index (χ0n) is 12.3. The molecule has 0 bridgehead atoms. The van der Waals surface area contributed by atoms with Crippen molar-refractivity contribution in [1.29, 1.82) is 0 Å². The molecule has 1 aromatic rings. The summed E-state index contributed by atoms with van der Waals surface area (Å²) < 4.78 is 31.4. The number of aryl methyl sites for hydroxylation is 1. The summed E-state index contributed by atoms with van der Waals surface area (Å²) in [6.45, 7) is 4.67. The van der Waals surface area contributed by atoms with Crippen LogP contribution in [0.2, 0.25) is 0 Å². The first-order valence-electron chi connectivity index (χ1n) is 6.72. The molecule has 6 heteroatoms. The van der Waals surface area contributed by atoms with Gasteiger partial charge in [0.1, 0.15) is 0 Å². The second kappa shape index (κ2) is 7.73. The maximum atomic E-state index is 12.5. The van der Waals surface area contributed by atoms with Crippen molar-refractivity contribution in [3.8, 4) is 0 Å². The van der Waals surface area contributed by atoms with Crippen molar-refractivity contribution < 1.29 is 18.3 Å². The van der Waals surface area contributed by atoms with E-state index in [4.69, 9.17) is 4.74 Å². The molecule has 1 N–H and O–H groups in total. The van der Waals surface area contributed by atoms with Gasteiger partial charge in [0.2, 0.25) is 10.0 Å². The van der Waals surface area contributed by atoms with E-state index in [0.29, 0.717) is 25.3 Å². The van der Waals surface area contributed by atoms with E-state index in [2.05, 4.69) is 0 Å². The lowest BCUT2D eigenvalue weighted by Crippen LogP contribution is -2.33. The number of aliphatic hydroxyl groups is 1. The van der Waals surface area contributed by atoms with E-state index in [1.54, 1.807) is 32.2 Å². The number of benzene rings is 1. The molecule has 0 atom stereocenters. The second-order valence-electron chi connectivity index (χ2n) is 4.43. The topological polar surface area (TPSA) is 66.8 Å². The van der Waals surface area contributed by atoms with Crippen molar-refractivity contribution in [1.82, 2.24) is 4.31 Å². The lowest BCUT2D eigenvalue weighted by molar-refractivity contribution is 0.180. The summed E-state index contributed by atoms with van der Waals surface area (Å²) in [7, 11) is -2.00. The molecule has 0 aromatic heterocycles. The predicted molar refractivity (Wildman–Crippen MR) is 78.1 cm³/mol. The highest BCUT2D eigenvalue weighted by Gasteiger charge is 2.23. The Labute approximate surface area is 121 Å². The Hall–Kier alpha value is -0.950. The number of sulfonamides is 1. The average Bonchev–Trinajstić information content (AvgIpc) is 2.46. The first-order chi connectivity index (χ1) is 9.51. The fourth-order valence-electron chi connectivity index (χ4n) is 2.05. The maximum Gasteiger partial charge on any atom is 0.243 e. The molecular weight excluding hydrogens is 278 g/mol. The van der Waals surface area contributed by atoms with E-state index in [9.17, 15) is 13.5 Å². The molecule has 0 aliphatic heterocycles. The zero-order chi connectivity index (χ0) is 15.2. The highest BCUT2D eigenvalue weighted by molar-refractivity contribution is 7.89. The Bertz CT molecular complexity index is 528. The number of ether oxygens (including phenoxy) is 1. The molecule has 0 spiro atoms. The zero-order valence-corrected chi connectivity index (χ0v) is 13.1. The normalized spacial score (nSPS) is 12.1. The molecule has 20 heavy (non-hydrogen) atoms. The van der Waals surface area contributed by atoms with Crippen molar-refractivity contribution in [3.05, 3.63) is 29.3 Å². The van der Waals surface area contributed by atoms with Gasteiger partial charge in [-0.3, -0.25) is 0 Å². The van der Waals surface area contributed by atoms with Crippen molar-refractivity contribution in [2.24, 2.45) is 0 Å². The largest absolute Gasteiger partial charge is 0.392 e. The quantitative estimate of drug-likeness (QED) is 0.788. The number of hydrogen-bond donors (Lipinski definition) is 1. The summed E-state index contributed by atoms with van der Waals surface area (Å²) in [6.07, 6.45) is 0.761. The van der Waals surface area contributed by atoms with Gasteiger partial charge in [0.05, 0.1) is 18.1 Å². The molecule has 0 fully saturated rings. The number of likely N-dealkylation sites (N-methyl/N-ethyl adjacent to an activating group) is 1. The highest BCUT2D eigenvalue weighted by atomic mass is 32.2. The number of nitrogens with zero attached hydrogens (tertiary/aromatic N) is 1. The minimum Gasteiger partial charge on any atom is -0.392 e. The van der Waals surface area contributed by atoms with E-state index in [0.717, 1.165) is 12.0 Å². The summed E-state index contributed by atoms with van der Waals surface area (Å²) >= 11 is 0. The van der Waals surface area contributed by atoms with Gasteiger partial charge in [-0.15, -0.1) is 0 Å². The summed E-state index contributed by atoms with van der Waals surface area (Å²) in [5.41, 5.74) is 1.63. The Kier molecular flexibility index (Phi) is 6.61. The van der Waals surface area contributed by atoms with Crippen molar-refractivity contribution in [2.45, 2.75) is 31.8 Å². The number of rotatable bonds is 8. The molecule has 0 radical (unpaired) electrons. The van der Waals surface area contributed by atoms with Gasteiger partial charge in [-0.05, 0) is 29.7 Å². The molecule has 1 aromatic carbocycles. The number of aliphatic hydroxyl groups excluding tert-OH is 1. The van der Waals surface area contributed by atoms with E-state index in [1.807, 2.05) is 6.92 Å². The summed E-state index contributed by atoms with van der Waals surface area (Å²) in [4.78, 5) is 0.219. The van der Waals surface area contributed by atoms with Crippen LogP contribution >= 0.6 is 0 Å². The van der Waals surface area contributed by atoms with Crippen molar-refractivity contribution in [3.63, 3.8) is 0 Å². The van der Waals surface area contributed by atoms with Crippen LogP contribution < -0.4 is 0 Å². The third kappa shape index (κ3) is 3.79. The Morgan fingerprint density at radius 2 is 1.95 bits per heavy atom. The smallest absolute Gasteiger partial charge is 0.243 e. The van der Waals surface area contributed by atoms with Crippen molar-refractivity contribution in [2.75, 3.05) is 26.8 Å². The molecule has 1 rings (SSSR count).